The first-order chi connectivity index (χ1) is 8.19. The number of hydrogen-bond acceptors (Lipinski definition) is 3. The van der Waals surface area contributed by atoms with E-state index in [1.807, 2.05) is 6.08 Å². The second-order valence-electron chi connectivity index (χ2n) is 3.22. The lowest BCUT2D eigenvalue weighted by molar-refractivity contribution is -0.0513. The summed E-state index contributed by atoms with van der Waals surface area (Å²) in [7, 11) is 3.21. The Labute approximate surface area is 99.0 Å². The number of benzene rings is 1. The molecular formula is C12H15F2NO2. The van der Waals surface area contributed by atoms with Crippen LogP contribution in [0.25, 0.3) is 6.08 Å². The van der Waals surface area contributed by atoms with Gasteiger partial charge in [0, 0.05) is 12.1 Å². The van der Waals surface area contributed by atoms with Gasteiger partial charge in [-0.25, -0.2) is 0 Å². The molecule has 0 fully saturated rings. The molecule has 0 saturated carbocycles. The van der Waals surface area contributed by atoms with E-state index in [1.54, 1.807) is 31.3 Å². The molecule has 0 amide bonds. The number of rotatable bonds is 6. The fourth-order valence-corrected chi connectivity index (χ4v) is 1.34. The minimum absolute atomic E-state index is 0.0531. The molecule has 1 aromatic rings. The highest BCUT2D eigenvalue weighted by molar-refractivity contribution is 5.62. The van der Waals surface area contributed by atoms with Gasteiger partial charge in [0.15, 0.2) is 11.5 Å². The van der Waals surface area contributed by atoms with E-state index in [0.717, 1.165) is 0 Å². The van der Waals surface area contributed by atoms with Crippen molar-refractivity contribution in [3.63, 3.8) is 0 Å². The van der Waals surface area contributed by atoms with Crippen molar-refractivity contribution in [1.82, 2.24) is 5.32 Å². The molecule has 5 heteroatoms. The predicted molar refractivity (Wildman–Crippen MR) is 62.6 cm³/mol. The Hall–Kier alpha value is -1.62. The molecule has 0 spiro atoms. The average Bonchev–Trinajstić information content (AvgIpc) is 2.30. The largest absolute Gasteiger partial charge is 0.493 e. The van der Waals surface area contributed by atoms with Crippen LogP contribution in [0, 0.1) is 0 Å². The van der Waals surface area contributed by atoms with Gasteiger partial charge in [-0.15, -0.1) is 0 Å². The summed E-state index contributed by atoms with van der Waals surface area (Å²) in [6, 6.07) is 4.98. The topological polar surface area (TPSA) is 30.5 Å². The van der Waals surface area contributed by atoms with Crippen LogP contribution in [-0.2, 0) is 0 Å². The summed E-state index contributed by atoms with van der Waals surface area (Å²) in [5, 5.41) is 2.92. The molecule has 0 radical (unpaired) electrons. The van der Waals surface area contributed by atoms with Gasteiger partial charge in [0.1, 0.15) is 0 Å². The van der Waals surface area contributed by atoms with Gasteiger partial charge in [0.05, 0.1) is 7.11 Å². The Morgan fingerprint density at radius 1 is 1.41 bits per heavy atom. The molecule has 0 aliphatic heterocycles. The molecule has 0 atom stereocenters. The van der Waals surface area contributed by atoms with Gasteiger partial charge < -0.3 is 14.8 Å². The Morgan fingerprint density at radius 2 is 2.18 bits per heavy atom. The lowest BCUT2D eigenvalue weighted by atomic mass is 10.1. The number of methoxy groups -OCH3 is 1. The van der Waals surface area contributed by atoms with Crippen molar-refractivity contribution in [2.45, 2.75) is 6.61 Å². The summed E-state index contributed by atoms with van der Waals surface area (Å²) in [6.45, 7) is -2.23. The van der Waals surface area contributed by atoms with Crippen molar-refractivity contribution in [3.05, 3.63) is 29.8 Å². The summed E-state index contributed by atoms with van der Waals surface area (Å²) in [5.41, 5.74) is 0.555. The zero-order chi connectivity index (χ0) is 12.7. The summed E-state index contributed by atoms with van der Waals surface area (Å²) >= 11 is 0. The maximum Gasteiger partial charge on any atom is 0.387 e. The molecule has 0 bridgehead atoms. The van der Waals surface area contributed by atoms with Crippen LogP contribution < -0.4 is 14.8 Å². The van der Waals surface area contributed by atoms with E-state index in [4.69, 9.17) is 4.74 Å². The van der Waals surface area contributed by atoms with Gasteiger partial charge in [-0.1, -0.05) is 24.3 Å². The first-order valence-corrected chi connectivity index (χ1v) is 5.12. The van der Waals surface area contributed by atoms with Crippen molar-refractivity contribution in [2.24, 2.45) is 0 Å². The normalized spacial score (nSPS) is 11.1. The smallest absolute Gasteiger partial charge is 0.387 e. The van der Waals surface area contributed by atoms with Gasteiger partial charge >= 0.3 is 6.61 Å². The zero-order valence-electron chi connectivity index (χ0n) is 9.74. The summed E-state index contributed by atoms with van der Waals surface area (Å²) in [5.74, 6) is 0.342. The van der Waals surface area contributed by atoms with Crippen LogP contribution in [0.5, 0.6) is 11.5 Å². The molecule has 3 nitrogen and oxygen atoms in total. The molecule has 0 saturated heterocycles. The maximum absolute atomic E-state index is 12.3. The Balaban J connectivity index is 3.01. The second kappa shape index (κ2) is 6.85. The zero-order valence-corrected chi connectivity index (χ0v) is 9.74. The van der Waals surface area contributed by atoms with Gasteiger partial charge in [-0.2, -0.15) is 8.78 Å². The van der Waals surface area contributed by atoms with E-state index in [-0.39, 0.29) is 11.5 Å². The third kappa shape index (κ3) is 4.03. The molecule has 0 unspecified atom stereocenters. The molecule has 17 heavy (non-hydrogen) atoms. The molecular weight excluding hydrogens is 228 g/mol. The van der Waals surface area contributed by atoms with Crippen LogP contribution >= 0.6 is 0 Å². The van der Waals surface area contributed by atoms with Crippen molar-refractivity contribution in [3.8, 4) is 11.5 Å². The second-order valence-corrected chi connectivity index (χ2v) is 3.22. The lowest BCUT2D eigenvalue weighted by Crippen LogP contribution is -2.06. The molecule has 1 N–H and O–H groups in total. The monoisotopic (exact) mass is 243 g/mol. The highest BCUT2D eigenvalue weighted by atomic mass is 19.3. The maximum atomic E-state index is 12.3. The third-order valence-electron chi connectivity index (χ3n) is 2.06. The Kier molecular flexibility index (Phi) is 5.42. The molecule has 1 rings (SSSR count). The standard InChI is InChI=1S/C12H15F2NO2/c1-15-8-4-6-9-5-3-7-10(16-2)11(9)17-12(13)14/h3-7,12,15H,8H2,1-2H3. The average molecular weight is 243 g/mol. The highest BCUT2D eigenvalue weighted by Crippen LogP contribution is 2.33. The fraction of sp³-hybridized carbons (Fsp3) is 0.333. The Morgan fingerprint density at radius 3 is 2.76 bits per heavy atom. The van der Waals surface area contributed by atoms with E-state index in [9.17, 15) is 8.78 Å². The number of hydrogen-bond donors (Lipinski definition) is 1. The minimum atomic E-state index is -2.87. The number of alkyl halides is 2. The van der Waals surface area contributed by atoms with Crippen molar-refractivity contribution in [1.29, 1.82) is 0 Å². The Bertz CT molecular complexity index is 381. The predicted octanol–water partition coefficient (Wildman–Crippen LogP) is 2.53. The highest BCUT2D eigenvalue weighted by Gasteiger charge is 2.13. The number of nitrogens with one attached hydrogen (secondary N) is 1. The van der Waals surface area contributed by atoms with Crippen LogP contribution in [-0.4, -0.2) is 27.3 Å². The first kappa shape index (κ1) is 13.4. The lowest BCUT2D eigenvalue weighted by Gasteiger charge is -2.12. The summed E-state index contributed by atoms with van der Waals surface area (Å²) < 4.78 is 34.0. The molecule has 0 aliphatic rings. The molecule has 94 valence electrons. The van der Waals surface area contributed by atoms with E-state index in [2.05, 4.69) is 10.1 Å². The van der Waals surface area contributed by atoms with Crippen LogP contribution in [0.3, 0.4) is 0 Å². The molecule has 0 aromatic heterocycles. The van der Waals surface area contributed by atoms with E-state index in [1.165, 1.54) is 7.11 Å². The van der Waals surface area contributed by atoms with Crippen LogP contribution in [0.4, 0.5) is 8.78 Å². The number of likely N-dealkylation sites (N-methyl/N-ethyl adjacent to an activating group) is 1. The van der Waals surface area contributed by atoms with E-state index >= 15 is 0 Å². The van der Waals surface area contributed by atoms with Crippen LogP contribution in [0.1, 0.15) is 5.56 Å². The summed E-state index contributed by atoms with van der Waals surface area (Å²) in [4.78, 5) is 0. The fourth-order valence-electron chi connectivity index (χ4n) is 1.34. The van der Waals surface area contributed by atoms with Gasteiger partial charge in [0.25, 0.3) is 0 Å². The van der Waals surface area contributed by atoms with E-state index in [0.29, 0.717) is 12.1 Å². The van der Waals surface area contributed by atoms with Crippen molar-refractivity contribution in [2.75, 3.05) is 20.7 Å². The van der Waals surface area contributed by atoms with Crippen molar-refractivity contribution < 1.29 is 18.3 Å². The molecule has 0 aliphatic carbocycles. The first-order valence-electron chi connectivity index (χ1n) is 5.12. The summed E-state index contributed by atoms with van der Waals surface area (Å²) in [6.07, 6.45) is 3.52. The van der Waals surface area contributed by atoms with Crippen LogP contribution in [0.15, 0.2) is 24.3 Å². The number of halogens is 2. The van der Waals surface area contributed by atoms with E-state index < -0.39 is 6.61 Å². The quantitative estimate of drug-likeness (QED) is 0.832. The van der Waals surface area contributed by atoms with Gasteiger partial charge in [-0.3, -0.25) is 0 Å². The SMILES string of the molecule is CNCC=Cc1cccc(OC)c1OC(F)F. The van der Waals surface area contributed by atoms with Crippen LogP contribution in [0.2, 0.25) is 0 Å². The van der Waals surface area contributed by atoms with Crippen molar-refractivity contribution >= 4 is 6.08 Å². The molecule has 1 aromatic carbocycles. The minimum Gasteiger partial charge on any atom is -0.493 e. The van der Waals surface area contributed by atoms with Gasteiger partial charge in [0.2, 0.25) is 0 Å². The van der Waals surface area contributed by atoms with Gasteiger partial charge in [-0.05, 0) is 13.1 Å². The molecule has 0 heterocycles. The number of ether oxygens (including phenoxy) is 2. The number of para-hydroxylation sites is 1. The third-order valence-corrected chi connectivity index (χ3v) is 2.06.